The predicted octanol–water partition coefficient (Wildman–Crippen LogP) is 2.28. The standard InChI is InChI=1S/C14H14N2O2/c1-10-8-12(2-3-13(10)17)16-14(18)9-11-4-6-15-7-5-11/h2-8,17H,9H2,1H3,(H,16,18). The third-order valence-electron chi connectivity index (χ3n) is 2.59. The number of anilines is 1. The van der Waals surface area contributed by atoms with E-state index in [1.165, 1.54) is 0 Å². The molecule has 0 spiro atoms. The first-order chi connectivity index (χ1) is 8.65. The molecule has 0 unspecified atom stereocenters. The summed E-state index contributed by atoms with van der Waals surface area (Å²) in [6.07, 6.45) is 3.63. The lowest BCUT2D eigenvalue weighted by atomic mass is 10.1. The maximum absolute atomic E-state index is 11.8. The summed E-state index contributed by atoms with van der Waals surface area (Å²) in [6, 6.07) is 8.59. The first-order valence-corrected chi connectivity index (χ1v) is 5.63. The molecule has 1 aromatic heterocycles. The Balaban J connectivity index is 2.01. The van der Waals surface area contributed by atoms with Crippen molar-refractivity contribution < 1.29 is 9.90 Å². The van der Waals surface area contributed by atoms with Crippen LogP contribution in [0.25, 0.3) is 0 Å². The van der Waals surface area contributed by atoms with Crippen molar-refractivity contribution in [2.75, 3.05) is 5.32 Å². The number of hydrogen-bond donors (Lipinski definition) is 2. The van der Waals surface area contributed by atoms with E-state index in [4.69, 9.17) is 0 Å². The molecule has 0 saturated carbocycles. The summed E-state index contributed by atoms with van der Waals surface area (Å²) in [7, 11) is 0. The van der Waals surface area contributed by atoms with Gasteiger partial charge >= 0.3 is 0 Å². The lowest BCUT2D eigenvalue weighted by Gasteiger charge is -2.07. The van der Waals surface area contributed by atoms with Gasteiger partial charge in [-0.1, -0.05) is 0 Å². The second-order valence-electron chi connectivity index (χ2n) is 4.08. The highest BCUT2D eigenvalue weighted by molar-refractivity contribution is 5.92. The summed E-state index contributed by atoms with van der Waals surface area (Å²) < 4.78 is 0. The first kappa shape index (κ1) is 12.1. The third-order valence-corrected chi connectivity index (χ3v) is 2.59. The molecule has 0 atom stereocenters. The monoisotopic (exact) mass is 242 g/mol. The van der Waals surface area contributed by atoms with Gasteiger partial charge in [0, 0.05) is 18.1 Å². The summed E-state index contributed by atoms with van der Waals surface area (Å²) >= 11 is 0. The van der Waals surface area contributed by atoms with Gasteiger partial charge in [0.25, 0.3) is 0 Å². The molecule has 1 amide bonds. The van der Waals surface area contributed by atoms with E-state index < -0.39 is 0 Å². The van der Waals surface area contributed by atoms with Gasteiger partial charge in [0.05, 0.1) is 6.42 Å². The average molecular weight is 242 g/mol. The molecule has 92 valence electrons. The predicted molar refractivity (Wildman–Crippen MR) is 69.4 cm³/mol. The van der Waals surface area contributed by atoms with Crippen molar-refractivity contribution in [2.24, 2.45) is 0 Å². The maximum Gasteiger partial charge on any atom is 0.228 e. The van der Waals surface area contributed by atoms with E-state index in [1.807, 2.05) is 12.1 Å². The van der Waals surface area contributed by atoms with Gasteiger partial charge < -0.3 is 10.4 Å². The molecule has 0 radical (unpaired) electrons. The number of hydrogen-bond acceptors (Lipinski definition) is 3. The minimum atomic E-state index is -0.0914. The van der Waals surface area contributed by atoms with Crippen molar-refractivity contribution in [3.05, 3.63) is 53.9 Å². The molecule has 18 heavy (non-hydrogen) atoms. The highest BCUT2D eigenvalue weighted by Gasteiger charge is 2.05. The number of rotatable bonds is 3. The van der Waals surface area contributed by atoms with Gasteiger partial charge in [0.1, 0.15) is 5.75 Å². The highest BCUT2D eigenvalue weighted by atomic mass is 16.3. The largest absolute Gasteiger partial charge is 0.508 e. The summed E-state index contributed by atoms with van der Waals surface area (Å²) in [5.74, 6) is 0.133. The zero-order valence-electron chi connectivity index (χ0n) is 10.1. The molecule has 0 saturated heterocycles. The van der Waals surface area contributed by atoms with Crippen molar-refractivity contribution in [3.8, 4) is 5.75 Å². The second kappa shape index (κ2) is 5.31. The van der Waals surface area contributed by atoms with Crippen LogP contribution >= 0.6 is 0 Å². The molecule has 0 aliphatic heterocycles. The summed E-state index contributed by atoms with van der Waals surface area (Å²) in [5.41, 5.74) is 2.33. The summed E-state index contributed by atoms with van der Waals surface area (Å²) in [5, 5.41) is 12.2. The number of nitrogens with zero attached hydrogens (tertiary/aromatic N) is 1. The number of aryl methyl sites for hydroxylation is 1. The quantitative estimate of drug-likeness (QED) is 0.812. The molecule has 2 rings (SSSR count). The van der Waals surface area contributed by atoms with E-state index in [9.17, 15) is 9.90 Å². The van der Waals surface area contributed by atoms with Gasteiger partial charge in [-0.3, -0.25) is 9.78 Å². The number of phenols is 1. The molecule has 1 heterocycles. The van der Waals surface area contributed by atoms with Crippen LogP contribution in [0.3, 0.4) is 0 Å². The zero-order chi connectivity index (χ0) is 13.0. The lowest BCUT2D eigenvalue weighted by molar-refractivity contribution is -0.115. The smallest absolute Gasteiger partial charge is 0.228 e. The van der Waals surface area contributed by atoms with Gasteiger partial charge in [-0.15, -0.1) is 0 Å². The number of nitrogens with one attached hydrogen (secondary N) is 1. The number of carbonyl (C=O) groups is 1. The average Bonchev–Trinajstić information content (AvgIpc) is 2.35. The van der Waals surface area contributed by atoms with Crippen molar-refractivity contribution in [1.82, 2.24) is 4.98 Å². The molecule has 4 nitrogen and oxygen atoms in total. The number of amides is 1. The highest BCUT2D eigenvalue weighted by Crippen LogP contribution is 2.20. The van der Waals surface area contributed by atoms with Crippen molar-refractivity contribution >= 4 is 11.6 Å². The molecular weight excluding hydrogens is 228 g/mol. The Kier molecular flexibility index (Phi) is 3.57. The number of benzene rings is 1. The van der Waals surface area contributed by atoms with Crippen LogP contribution in [0.2, 0.25) is 0 Å². The molecule has 2 aromatic rings. The number of carbonyl (C=O) groups excluding carboxylic acids is 1. The molecule has 4 heteroatoms. The van der Waals surface area contributed by atoms with Crippen LogP contribution in [0.1, 0.15) is 11.1 Å². The number of pyridine rings is 1. The Bertz CT molecular complexity index is 553. The number of aromatic hydroxyl groups is 1. The van der Waals surface area contributed by atoms with E-state index >= 15 is 0 Å². The second-order valence-corrected chi connectivity index (χ2v) is 4.08. The van der Waals surface area contributed by atoms with Crippen LogP contribution in [-0.2, 0) is 11.2 Å². The Morgan fingerprint density at radius 2 is 2.00 bits per heavy atom. The van der Waals surface area contributed by atoms with Gasteiger partial charge in [0.2, 0.25) is 5.91 Å². The zero-order valence-corrected chi connectivity index (χ0v) is 10.1. The minimum Gasteiger partial charge on any atom is -0.508 e. The van der Waals surface area contributed by atoms with Crippen molar-refractivity contribution in [1.29, 1.82) is 0 Å². The fourth-order valence-electron chi connectivity index (χ4n) is 1.62. The van der Waals surface area contributed by atoms with Gasteiger partial charge in [-0.05, 0) is 48.4 Å². The van der Waals surface area contributed by atoms with Crippen LogP contribution < -0.4 is 5.32 Å². The molecule has 2 N–H and O–H groups in total. The van der Waals surface area contributed by atoms with Gasteiger partial charge in [-0.2, -0.15) is 0 Å². The molecule has 0 aliphatic carbocycles. The number of phenolic OH excluding ortho intramolecular Hbond substituents is 1. The molecule has 0 aliphatic rings. The van der Waals surface area contributed by atoms with Crippen LogP contribution in [0.4, 0.5) is 5.69 Å². The normalized spacial score (nSPS) is 10.1. The van der Waals surface area contributed by atoms with Crippen LogP contribution in [0, 0.1) is 6.92 Å². The Labute approximate surface area is 105 Å². The summed E-state index contributed by atoms with van der Waals surface area (Å²) in [6.45, 7) is 1.79. The maximum atomic E-state index is 11.8. The third kappa shape index (κ3) is 3.07. The van der Waals surface area contributed by atoms with E-state index in [-0.39, 0.29) is 11.7 Å². The van der Waals surface area contributed by atoms with E-state index in [2.05, 4.69) is 10.3 Å². The van der Waals surface area contributed by atoms with Crippen LogP contribution in [-0.4, -0.2) is 16.0 Å². The van der Waals surface area contributed by atoms with E-state index in [0.717, 1.165) is 11.1 Å². The molecular formula is C14H14N2O2. The van der Waals surface area contributed by atoms with Gasteiger partial charge in [0.15, 0.2) is 0 Å². The van der Waals surface area contributed by atoms with E-state index in [0.29, 0.717) is 12.1 Å². The fourth-order valence-corrected chi connectivity index (χ4v) is 1.62. The van der Waals surface area contributed by atoms with Crippen molar-refractivity contribution in [3.63, 3.8) is 0 Å². The van der Waals surface area contributed by atoms with Crippen molar-refractivity contribution in [2.45, 2.75) is 13.3 Å². The number of aromatic nitrogens is 1. The van der Waals surface area contributed by atoms with Crippen LogP contribution in [0.15, 0.2) is 42.7 Å². The lowest BCUT2D eigenvalue weighted by Crippen LogP contribution is -2.14. The van der Waals surface area contributed by atoms with Gasteiger partial charge in [-0.25, -0.2) is 0 Å². The molecule has 1 aromatic carbocycles. The topological polar surface area (TPSA) is 62.2 Å². The summed E-state index contributed by atoms with van der Waals surface area (Å²) in [4.78, 5) is 15.7. The SMILES string of the molecule is Cc1cc(NC(=O)Cc2ccncc2)ccc1O. The minimum absolute atomic E-state index is 0.0914. The van der Waals surface area contributed by atoms with E-state index in [1.54, 1.807) is 37.5 Å². The van der Waals surface area contributed by atoms with Crippen LogP contribution in [0.5, 0.6) is 5.75 Å². The Hall–Kier alpha value is -2.36. The molecule has 0 fully saturated rings. The molecule has 0 bridgehead atoms. The first-order valence-electron chi connectivity index (χ1n) is 5.63. The fraction of sp³-hybridized carbons (Fsp3) is 0.143. The Morgan fingerprint density at radius 3 is 2.67 bits per heavy atom. The Morgan fingerprint density at radius 1 is 1.28 bits per heavy atom.